The second-order valence-electron chi connectivity index (χ2n) is 4.54. The molecule has 0 bridgehead atoms. The molecule has 1 aromatic rings. The fourth-order valence-electron chi connectivity index (χ4n) is 1.13. The highest BCUT2D eigenvalue weighted by Gasteiger charge is 2.17. The highest BCUT2D eigenvalue weighted by molar-refractivity contribution is 7.15. The molecule has 0 spiro atoms. The molecular weight excluding hydrogens is 236 g/mol. The van der Waals surface area contributed by atoms with Crippen LogP contribution in [0.5, 0.6) is 0 Å². The summed E-state index contributed by atoms with van der Waals surface area (Å²) in [5, 5.41) is 3.11. The van der Waals surface area contributed by atoms with E-state index >= 15 is 0 Å². The average molecular weight is 252 g/mol. The largest absolute Gasteiger partial charge is 0.444 e. The van der Waals surface area contributed by atoms with Crippen molar-refractivity contribution >= 4 is 22.6 Å². The minimum absolute atomic E-state index is 0.501. The van der Waals surface area contributed by atoms with E-state index in [-0.39, 0.29) is 0 Å². The summed E-state index contributed by atoms with van der Waals surface area (Å²) >= 11 is 1.37. The molecule has 4 nitrogen and oxygen atoms in total. The van der Waals surface area contributed by atoms with Gasteiger partial charge in [-0.15, -0.1) is 23.7 Å². The summed E-state index contributed by atoms with van der Waals surface area (Å²) in [6.45, 7) is 7.29. The normalized spacial score (nSPS) is 10.8. The molecule has 17 heavy (non-hydrogen) atoms. The van der Waals surface area contributed by atoms with Crippen LogP contribution in [0.4, 0.5) is 9.93 Å². The predicted molar refractivity (Wildman–Crippen MR) is 69.2 cm³/mol. The third kappa shape index (κ3) is 4.45. The molecule has 0 aromatic carbocycles. The van der Waals surface area contributed by atoms with Crippen LogP contribution in [0.3, 0.4) is 0 Å². The maximum absolute atomic E-state index is 11.5. The van der Waals surface area contributed by atoms with Crippen molar-refractivity contribution in [3.63, 3.8) is 0 Å². The number of terminal acetylenes is 1. The fraction of sp³-hybridized carbons (Fsp3) is 0.500. The molecule has 1 aromatic heterocycles. The molecule has 5 heteroatoms. The Labute approximate surface area is 105 Å². The Kier molecular flexibility index (Phi) is 4.13. The van der Waals surface area contributed by atoms with Crippen LogP contribution in [0.15, 0.2) is 0 Å². The smallest absolute Gasteiger partial charge is 0.413 e. The molecule has 1 rings (SSSR count). The van der Waals surface area contributed by atoms with Gasteiger partial charge in [0.05, 0.1) is 5.69 Å². The number of ether oxygens (including phenoxy) is 1. The predicted octanol–water partition coefficient (Wildman–Crippen LogP) is 2.97. The molecule has 1 amide bonds. The van der Waals surface area contributed by atoms with Crippen molar-refractivity contribution < 1.29 is 9.53 Å². The highest BCUT2D eigenvalue weighted by Crippen LogP contribution is 2.23. The number of carbonyl (C=O) groups excluding carboxylic acids is 1. The van der Waals surface area contributed by atoms with E-state index in [0.717, 1.165) is 10.6 Å². The lowest BCUT2D eigenvalue weighted by atomic mass is 10.2. The van der Waals surface area contributed by atoms with Crippen LogP contribution in [0, 0.1) is 19.3 Å². The van der Waals surface area contributed by atoms with Gasteiger partial charge in [-0.1, -0.05) is 0 Å². The summed E-state index contributed by atoms with van der Waals surface area (Å²) in [7, 11) is 0. The standard InChI is InChI=1S/C12H16N2O2S/c1-6-7-9-8(2)13-10(17-9)14-11(15)16-12(3,4)5/h1H,7H2,2-5H3,(H,13,14,15). The number of nitrogens with zero attached hydrogens (tertiary/aromatic N) is 1. The molecule has 0 atom stereocenters. The number of hydrogen-bond acceptors (Lipinski definition) is 4. The molecule has 0 saturated heterocycles. The summed E-state index contributed by atoms with van der Waals surface area (Å²) in [6.07, 6.45) is 5.27. The molecule has 0 aliphatic rings. The van der Waals surface area contributed by atoms with Crippen molar-refractivity contribution in [1.29, 1.82) is 0 Å². The highest BCUT2D eigenvalue weighted by atomic mass is 32.1. The Morgan fingerprint density at radius 2 is 2.24 bits per heavy atom. The maximum Gasteiger partial charge on any atom is 0.413 e. The lowest BCUT2D eigenvalue weighted by molar-refractivity contribution is 0.0636. The zero-order valence-corrected chi connectivity index (χ0v) is 11.3. The van der Waals surface area contributed by atoms with E-state index < -0.39 is 11.7 Å². The van der Waals surface area contributed by atoms with Crippen LogP contribution in [-0.4, -0.2) is 16.7 Å². The maximum atomic E-state index is 11.5. The molecule has 0 aliphatic heterocycles. The molecule has 0 aliphatic carbocycles. The number of thiazole rings is 1. The van der Waals surface area contributed by atoms with Gasteiger partial charge in [-0.05, 0) is 27.7 Å². The first-order valence-electron chi connectivity index (χ1n) is 5.21. The van der Waals surface area contributed by atoms with Gasteiger partial charge in [0.1, 0.15) is 5.60 Å². The van der Waals surface area contributed by atoms with E-state index in [0.29, 0.717) is 11.6 Å². The topological polar surface area (TPSA) is 51.2 Å². The lowest BCUT2D eigenvalue weighted by Gasteiger charge is -2.18. The number of aromatic nitrogens is 1. The third-order valence-corrected chi connectivity index (χ3v) is 2.84. The minimum Gasteiger partial charge on any atom is -0.444 e. The number of rotatable bonds is 2. The molecular formula is C12H16N2O2S. The molecule has 0 fully saturated rings. The van der Waals surface area contributed by atoms with E-state index in [1.807, 2.05) is 27.7 Å². The first-order valence-corrected chi connectivity index (χ1v) is 6.03. The summed E-state index contributed by atoms with van der Waals surface area (Å²) in [5.74, 6) is 2.56. The quantitative estimate of drug-likeness (QED) is 0.823. The van der Waals surface area contributed by atoms with Crippen LogP contribution < -0.4 is 5.32 Å². The van der Waals surface area contributed by atoms with Crippen molar-refractivity contribution in [3.8, 4) is 12.3 Å². The van der Waals surface area contributed by atoms with Gasteiger partial charge >= 0.3 is 6.09 Å². The van der Waals surface area contributed by atoms with Crippen LogP contribution in [-0.2, 0) is 11.2 Å². The average Bonchev–Trinajstić information content (AvgIpc) is 2.43. The van der Waals surface area contributed by atoms with Gasteiger partial charge in [-0.25, -0.2) is 9.78 Å². The number of amides is 1. The van der Waals surface area contributed by atoms with Gasteiger partial charge in [0.2, 0.25) is 0 Å². The number of nitrogens with one attached hydrogen (secondary N) is 1. The zero-order chi connectivity index (χ0) is 13.1. The van der Waals surface area contributed by atoms with Gasteiger partial charge in [0.15, 0.2) is 5.13 Å². The molecule has 0 saturated carbocycles. The molecule has 0 radical (unpaired) electrons. The molecule has 1 N–H and O–H groups in total. The Morgan fingerprint density at radius 1 is 1.59 bits per heavy atom. The summed E-state index contributed by atoms with van der Waals surface area (Å²) in [6, 6.07) is 0. The number of hydrogen-bond donors (Lipinski definition) is 1. The van der Waals surface area contributed by atoms with Gasteiger partial charge in [-0.3, -0.25) is 5.32 Å². The van der Waals surface area contributed by atoms with Crippen LogP contribution in [0.2, 0.25) is 0 Å². The monoisotopic (exact) mass is 252 g/mol. The van der Waals surface area contributed by atoms with Crippen LogP contribution >= 0.6 is 11.3 Å². The first-order chi connectivity index (χ1) is 7.81. The lowest BCUT2D eigenvalue weighted by Crippen LogP contribution is -2.27. The van der Waals surface area contributed by atoms with Crippen molar-refractivity contribution in [2.45, 2.75) is 39.7 Å². The van der Waals surface area contributed by atoms with Crippen molar-refractivity contribution in [1.82, 2.24) is 4.98 Å². The van der Waals surface area contributed by atoms with Gasteiger partial charge in [0, 0.05) is 11.3 Å². The SMILES string of the molecule is C#CCc1sc(NC(=O)OC(C)(C)C)nc1C. The third-order valence-electron chi connectivity index (χ3n) is 1.76. The Hall–Kier alpha value is -1.54. The van der Waals surface area contributed by atoms with Crippen molar-refractivity contribution in [3.05, 3.63) is 10.6 Å². The van der Waals surface area contributed by atoms with E-state index in [2.05, 4.69) is 16.2 Å². The van der Waals surface area contributed by atoms with Gasteiger partial charge in [0.25, 0.3) is 0 Å². The Bertz CT molecular complexity index is 452. The second-order valence-corrected chi connectivity index (χ2v) is 5.62. The van der Waals surface area contributed by atoms with Gasteiger partial charge < -0.3 is 4.74 Å². The van der Waals surface area contributed by atoms with E-state index in [1.165, 1.54) is 11.3 Å². The number of anilines is 1. The Morgan fingerprint density at radius 3 is 2.76 bits per heavy atom. The second kappa shape index (κ2) is 5.19. The zero-order valence-electron chi connectivity index (χ0n) is 10.5. The van der Waals surface area contributed by atoms with E-state index in [9.17, 15) is 4.79 Å². The molecule has 92 valence electrons. The molecule has 0 unspecified atom stereocenters. The van der Waals surface area contributed by atoms with E-state index in [1.54, 1.807) is 0 Å². The van der Waals surface area contributed by atoms with Crippen LogP contribution in [0.1, 0.15) is 31.3 Å². The molecule has 1 heterocycles. The number of aryl methyl sites for hydroxylation is 1. The summed E-state index contributed by atoms with van der Waals surface area (Å²) < 4.78 is 5.13. The first kappa shape index (κ1) is 13.5. The minimum atomic E-state index is -0.516. The Balaban J connectivity index is 2.67. The van der Waals surface area contributed by atoms with Crippen molar-refractivity contribution in [2.24, 2.45) is 0 Å². The van der Waals surface area contributed by atoms with Crippen LogP contribution in [0.25, 0.3) is 0 Å². The summed E-state index contributed by atoms with van der Waals surface area (Å²) in [4.78, 5) is 16.7. The van der Waals surface area contributed by atoms with E-state index in [4.69, 9.17) is 11.2 Å². The number of carbonyl (C=O) groups is 1. The fourth-order valence-corrected chi connectivity index (χ4v) is 2.03. The summed E-state index contributed by atoms with van der Waals surface area (Å²) in [5.41, 5.74) is 0.330. The van der Waals surface area contributed by atoms with Gasteiger partial charge in [-0.2, -0.15) is 0 Å². The van der Waals surface area contributed by atoms with Crippen molar-refractivity contribution in [2.75, 3.05) is 5.32 Å².